The third-order valence-electron chi connectivity index (χ3n) is 5.35. The molecular formula is C25H23N3O. The number of aryl methyl sites for hydroxylation is 4. The van der Waals surface area contributed by atoms with Crippen molar-refractivity contribution in [1.82, 2.24) is 4.98 Å². The molecule has 2 aromatic carbocycles. The summed E-state index contributed by atoms with van der Waals surface area (Å²) in [5, 5.41) is 3.27. The molecule has 1 aliphatic rings. The Labute approximate surface area is 171 Å². The molecule has 0 radical (unpaired) electrons. The van der Waals surface area contributed by atoms with Gasteiger partial charge in [-0.05, 0) is 92.4 Å². The van der Waals surface area contributed by atoms with Gasteiger partial charge in [-0.15, -0.1) is 0 Å². The summed E-state index contributed by atoms with van der Waals surface area (Å²) in [5.41, 5.74) is 8.89. The van der Waals surface area contributed by atoms with Gasteiger partial charge in [-0.25, -0.2) is 4.99 Å². The maximum atomic E-state index is 13.0. The van der Waals surface area contributed by atoms with Crippen LogP contribution in [0.4, 0.5) is 11.4 Å². The van der Waals surface area contributed by atoms with Gasteiger partial charge in [0.1, 0.15) is 5.69 Å². The fourth-order valence-electron chi connectivity index (χ4n) is 3.29. The normalized spacial score (nSPS) is 14.6. The van der Waals surface area contributed by atoms with Crippen molar-refractivity contribution in [3.8, 4) is 0 Å². The fraction of sp³-hybridized carbons (Fsp3) is 0.160. The van der Waals surface area contributed by atoms with Crippen molar-refractivity contribution < 1.29 is 4.79 Å². The molecule has 4 nitrogen and oxygen atoms in total. The van der Waals surface area contributed by atoms with E-state index < -0.39 is 0 Å². The molecule has 1 aliphatic carbocycles. The van der Waals surface area contributed by atoms with Gasteiger partial charge in [-0.2, -0.15) is 0 Å². The number of carbonyl (C=O) groups is 1. The Morgan fingerprint density at radius 2 is 1.59 bits per heavy atom. The van der Waals surface area contributed by atoms with Crippen LogP contribution < -0.4 is 5.32 Å². The van der Waals surface area contributed by atoms with Gasteiger partial charge in [-0.3, -0.25) is 9.78 Å². The van der Waals surface area contributed by atoms with E-state index in [1.54, 1.807) is 6.20 Å². The number of allylic oxidation sites excluding steroid dienone is 2. The predicted molar refractivity (Wildman–Crippen MR) is 118 cm³/mol. The summed E-state index contributed by atoms with van der Waals surface area (Å²) < 4.78 is 0. The lowest BCUT2D eigenvalue weighted by Crippen LogP contribution is -2.23. The molecule has 0 spiro atoms. The van der Waals surface area contributed by atoms with E-state index >= 15 is 0 Å². The molecule has 0 saturated heterocycles. The highest BCUT2D eigenvalue weighted by Gasteiger charge is 2.25. The Morgan fingerprint density at radius 3 is 2.31 bits per heavy atom. The minimum atomic E-state index is -0.127. The zero-order chi connectivity index (χ0) is 20.5. The highest BCUT2D eigenvalue weighted by atomic mass is 16.1. The molecule has 0 saturated carbocycles. The molecule has 1 N–H and O–H groups in total. The van der Waals surface area contributed by atoms with Gasteiger partial charge in [0.25, 0.3) is 0 Å². The van der Waals surface area contributed by atoms with E-state index in [0.29, 0.717) is 11.4 Å². The summed E-state index contributed by atoms with van der Waals surface area (Å²) >= 11 is 0. The molecule has 29 heavy (non-hydrogen) atoms. The second-order valence-corrected chi connectivity index (χ2v) is 7.48. The zero-order valence-corrected chi connectivity index (χ0v) is 17.1. The van der Waals surface area contributed by atoms with Crippen LogP contribution in [0.15, 0.2) is 71.5 Å². The quantitative estimate of drug-likeness (QED) is 0.640. The third kappa shape index (κ3) is 3.74. The minimum absolute atomic E-state index is 0.127. The number of hydrogen-bond acceptors (Lipinski definition) is 4. The lowest BCUT2D eigenvalue weighted by atomic mass is 9.96. The molecule has 0 atom stereocenters. The van der Waals surface area contributed by atoms with E-state index in [1.165, 1.54) is 22.3 Å². The summed E-state index contributed by atoms with van der Waals surface area (Å²) in [6.45, 7) is 8.28. The second kappa shape index (κ2) is 7.47. The van der Waals surface area contributed by atoms with Crippen LogP contribution in [0.2, 0.25) is 0 Å². The SMILES string of the molecule is Cc1ccc(N=C2C=C(Nc3ccc(C)c(C)c3)C(=O)c3ncccc32)cc1C. The molecule has 144 valence electrons. The van der Waals surface area contributed by atoms with Gasteiger partial charge in [0.05, 0.1) is 17.1 Å². The number of anilines is 1. The average Bonchev–Trinajstić information content (AvgIpc) is 2.71. The molecule has 4 heteroatoms. The van der Waals surface area contributed by atoms with Gasteiger partial charge in [-0.1, -0.05) is 12.1 Å². The van der Waals surface area contributed by atoms with E-state index in [9.17, 15) is 4.79 Å². The standard InChI is InChI=1S/C25H23N3O/c1-15-7-9-19(12-17(15)3)27-22-14-23(25(29)24-21(22)6-5-11-26-24)28-20-10-8-16(2)18(4)13-20/h5-14,28H,1-4H3. The molecule has 1 heterocycles. The Balaban J connectivity index is 1.79. The molecule has 0 fully saturated rings. The van der Waals surface area contributed by atoms with Crippen LogP contribution in [0.3, 0.4) is 0 Å². The number of nitrogens with one attached hydrogen (secondary N) is 1. The van der Waals surface area contributed by atoms with Crippen molar-refractivity contribution in [1.29, 1.82) is 0 Å². The van der Waals surface area contributed by atoms with Crippen molar-refractivity contribution >= 4 is 22.9 Å². The highest BCUT2D eigenvalue weighted by Crippen LogP contribution is 2.26. The number of ketones is 1. The summed E-state index contributed by atoms with van der Waals surface area (Å²) in [4.78, 5) is 22.2. The zero-order valence-electron chi connectivity index (χ0n) is 17.1. The Kier molecular flexibility index (Phi) is 4.85. The number of Topliss-reactive ketones (excluding diaryl/α,β-unsaturated/α-hetero) is 1. The van der Waals surface area contributed by atoms with Crippen LogP contribution in [0.5, 0.6) is 0 Å². The number of aromatic nitrogens is 1. The summed E-state index contributed by atoms with van der Waals surface area (Å²) in [5.74, 6) is -0.127. The van der Waals surface area contributed by atoms with Gasteiger partial charge in [0.15, 0.2) is 0 Å². The largest absolute Gasteiger partial charge is 0.352 e. The molecule has 0 aliphatic heterocycles. The van der Waals surface area contributed by atoms with Crippen LogP contribution >= 0.6 is 0 Å². The van der Waals surface area contributed by atoms with E-state index in [4.69, 9.17) is 4.99 Å². The molecule has 0 bridgehead atoms. The number of benzene rings is 2. The van der Waals surface area contributed by atoms with Gasteiger partial charge < -0.3 is 5.32 Å². The van der Waals surface area contributed by atoms with Crippen LogP contribution in [-0.4, -0.2) is 16.5 Å². The van der Waals surface area contributed by atoms with Crippen molar-refractivity contribution in [2.75, 3.05) is 5.32 Å². The molecule has 0 unspecified atom stereocenters. The molecular weight excluding hydrogens is 358 g/mol. The van der Waals surface area contributed by atoms with E-state index in [2.05, 4.69) is 50.1 Å². The number of carbonyl (C=O) groups excluding carboxylic acids is 1. The van der Waals surface area contributed by atoms with Gasteiger partial charge in [0.2, 0.25) is 5.78 Å². The van der Waals surface area contributed by atoms with Crippen LogP contribution in [0.1, 0.15) is 38.3 Å². The van der Waals surface area contributed by atoms with E-state index in [1.807, 2.05) is 42.5 Å². The van der Waals surface area contributed by atoms with E-state index in [-0.39, 0.29) is 5.78 Å². The van der Waals surface area contributed by atoms with Crippen molar-refractivity contribution in [3.05, 3.63) is 100 Å². The maximum Gasteiger partial charge on any atom is 0.228 e. The third-order valence-corrected chi connectivity index (χ3v) is 5.35. The smallest absolute Gasteiger partial charge is 0.228 e. The summed E-state index contributed by atoms with van der Waals surface area (Å²) in [6, 6.07) is 15.9. The first kappa shape index (κ1) is 18.8. The van der Waals surface area contributed by atoms with Crippen LogP contribution in [0.25, 0.3) is 0 Å². The van der Waals surface area contributed by atoms with E-state index in [0.717, 1.165) is 22.6 Å². The second-order valence-electron chi connectivity index (χ2n) is 7.48. The Morgan fingerprint density at radius 1 is 0.862 bits per heavy atom. The van der Waals surface area contributed by atoms with Crippen LogP contribution in [0, 0.1) is 27.7 Å². The summed E-state index contributed by atoms with van der Waals surface area (Å²) in [7, 11) is 0. The Hall–Kier alpha value is -3.53. The van der Waals surface area contributed by atoms with Crippen molar-refractivity contribution in [2.45, 2.75) is 27.7 Å². The molecule has 3 aromatic rings. The number of aliphatic imine (C=N–C) groups is 1. The first-order valence-electron chi connectivity index (χ1n) is 9.64. The predicted octanol–water partition coefficient (Wildman–Crippen LogP) is 5.63. The molecule has 4 rings (SSSR count). The monoisotopic (exact) mass is 381 g/mol. The maximum absolute atomic E-state index is 13.0. The first-order chi connectivity index (χ1) is 13.9. The minimum Gasteiger partial charge on any atom is -0.352 e. The number of rotatable bonds is 3. The fourth-order valence-corrected chi connectivity index (χ4v) is 3.29. The number of pyridine rings is 1. The Bertz CT molecular complexity index is 1190. The van der Waals surface area contributed by atoms with Gasteiger partial charge in [0, 0.05) is 17.4 Å². The molecule has 0 amide bonds. The summed E-state index contributed by atoms with van der Waals surface area (Å²) in [6.07, 6.45) is 3.46. The lowest BCUT2D eigenvalue weighted by molar-refractivity contribution is 0.103. The topological polar surface area (TPSA) is 54.4 Å². The van der Waals surface area contributed by atoms with Gasteiger partial charge >= 0.3 is 0 Å². The van der Waals surface area contributed by atoms with Crippen LogP contribution in [-0.2, 0) is 0 Å². The van der Waals surface area contributed by atoms with Crippen molar-refractivity contribution in [3.63, 3.8) is 0 Å². The first-order valence-corrected chi connectivity index (χ1v) is 9.64. The number of nitrogens with zero attached hydrogens (tertiary/aromatic N) is 2. The highest BCUT2D eigenvalue weighted by molar-refractivity contribution is 6.26. The lowest BCUT2D eigenvalue weighted by Gasteiger charge is -2.18. The number of fused-ring (bicyclic) bond motifs is 1. The number of hydrogen-bond donors (Lipinski definition) is 1. The molecule has 1 aromatic heterocycles. The average molecular weight is 381 g/mol. The van der Waals surface area contributed by atoms with Crippen molar-refractivity contribution in [2.24, 2.45) is 4.99 Å².